The number of carbonyl (C=O) groups is 2. The normalized spacial score (nSPS) is 10.5. The van der Waals surface area contributed by atoms with Crippen LogP contribution >= 0.6 is 0 Å². The van der Waals surface area contributed by atoms with E-state index in [4.69, 9.17) is 9.26 Å². The van der Waals surface area contributed by atoms with Crippen molar-refractivity contribution in [3.8, 4) is 22.6 Å². The predicted octanol–water partition coefficient (Wildman–Crippen LogP) is 4.93. The molecule has 32 heavy (non-hydrogen) atoms. The number of hydrogen-bond acceptors (Lipinski definition) is 7. The molecule has 4 rings (SSSR count). The van der Waals surface area contributed by atoms with Crippen LogP contribution in [0.1, 0.15) is 26.3 Å². The summed E-state index contributed by atoms with van der Waals surface area (Å²) in [7, 11) is 1.29. The third-order valence-corrected chi connectivity index (χ3v) is 4.85. The van der Waals surface area contributed by atoms with Crippen LogP contribution in [-0.2, 0) is 4.74 Å². The van der Waals surface area contributed by atoms with Crippen molar-refractivity contribution in [1.29, 1.82) is 0 Å². The first-order valence-electron chi connectivity index (χ1n) is 9.52. The smallest absolute Gasteiger partial charge is 0.337 e. The van der Waals surface area contributed by atoms with Gasteiger partial charge in [-0.1, -0.05) is 59.8 Å². The molecule has 8 nitrogen and oxygen atoms in total. The standard InChI is InChI=1S/C24H16N2O6/c1-31-24(28)17-12-10-15(11-13-17)21-20(22(27)16-6-3-2-4-7-16)23(32-25-21)18-8-5-9-19(14-18)26(29)30/h2-14H,1H3. The zero-order chi connectivity index (χ0) is 22.7. The molecule has 0 amide bonds. The molecule has 0 aliphatic carbocycles. The van der Waals surface area contributed by atoms with Crippen molar-refractivity contribution in [2.45, 2.75) is 0 Å². The van der Waals surface area contributed by atoms with Crippen molar-refractivity contribution in [2.24, 2.45) is 0 Å². The number of nitro groups is 1. The third kappa shape index (κ3) is 3.89. The van der Waals surface area contributed by atoms with Gasteiger partial charge in [-0.2, -0.15) is 0 Å². The van der Waals surface area contributed by atoms with E-state index in [1.165, 1.54) is 25.3 Å². The molecule has 4 aromatic rings. The number of non-ortho nitro benzene ring substituents is 1. The number of carbonyl (C=O) groups excluding carboxylic acids is 2. The Kier molecular flexibility index (Phi) is 5.59. The lowest BCUT2D eigenvalue weighted by molar-refractivity contribution is -0.384. The van der Waals surface area contributed by atoms with Crippen molar-refractivity contribution in [3.05, 3.63) is 106 Å². The highest BCUT2D eigenvalue weighted by Crippen LogP contribution is 2.35. The second kappa shape index (κ2) is 8.65. The van der Waals surface area contributed by atoms with E-state index >= 15 is 0 Å². The highest BCUT2D eigenvalue weighted by Gasteiger charge is 2.27. The Bertz CT molecular complexity index is 1310. The number of hydrogen-bond donors (Lipinski definition) is 0. The molecule has 1 aromatic heterocycles. The molecule has 0 spiro atoms. The van der Waals surface area contributed by atoms with E-state index in [2.05, 4.69) is 5.16 Å². The second-order valence-electron chi connectivity index (χ2n) is 6.81. The van der Waals surface area contributed by atoms with Gasteiger partial charge in [0.2, 0.25) is 0 Å². The van der Waals surface area contributed by atoms with Gasteiger partial charge in [-0.25, -0.2) is 4.79 Å². The van der Waals surface area contributed by atoms with Gasteiger partial charge in [-0.05, 0) is 12.1 Å². The van der Waals surface area contributed by atoms with Crippen LogP contribution in [0.2, 0.25) is 0 Å². The Morgan fingerprint density at radius 1 is 0.906 bits per heavy atom. The lowest BCUT2D eigenvalue weighted by atomic mass is 9.95. The first-order chi connectivity index (χ1) is 15.5. The number of esters is 1. The summed E-state index contributed by atoms with van der Waals surface area (Å²) in [6, 6.07) is 20.8. The van der Waals surface area contributed by atoms with Crippen LogP contribution in [0.5, 0.6) is 0 Å². The third-order valence-electron chi connectivity index (χ3n) is 4.85. The number of rotatable bonds is 6. The van der Waals surface area contributed by atoms with Crippen molar-refractivity contribution < 1.29 is 23.8 Å². The quantitative estimate of drug-likeness (QED) is 0.185. The SMILES string of the molecule is COC(=O)c1ccc(-c2noc(-c3cccc([N+](=O)[O-])c3)c2C(=O)c2ccccc2)cc1. The number of benzene rings is 3. The average molecular weight is 428 g/mol. The molecular formula is C24H16N2O6. The Hall–Kier alpha value is -4.59. The molecule has 0 atom stereocenters. The van der Waals surface area contributed by atoms with Crippen molar-refractivity contribution in [3.63, 3.8) is 0 Å². The molecule has 158 valence electrons. The monoisotopic (exact) mass is 428 g/mol. The van der Waals surface area contributed by atoms with Gasteiger partial charge >= 0.3 is 5.97 Å². The highest BCUT2D eigenvalue weighted by molar-refractivity contribution is 6.15. The number of ether oxygens (including phenoxy) is 1. The number of nitrogens with zero attached hydrogens (tertiary/aromatic N) is 2. The molecule has 0 unspecified atom stereocenters. The first-order valence-corrected chi connectivity index (χ1v) is 9.52. The summed E-state index contributed by atoms with van der Waals surface area (Å²) in [5.41, 5.74) is 1.94. The predicted molar refractivity (Wildman–Crippen MR) is 115 cm³/mol. The summed E-state index contributed by atoms with van der Waals surface area (Å²) < 4.78 is 10.2. The highest BCUT2D eigenvalue weighted by atomic mass is 16.6. The fraction of sp³-hybridized carbons (Fsp3) is 0.0417. The Morgan fingerprint density at radius 2 is 1.62 bits per heavy atom. The molecule has 0 fully saturated rings. The molecule has 0 aliphatic heterocycles. The minimum atomic E-state index is -0.523. The van der Waals surface area contributed by atoms with E-state index < -0.39 is 10.9 Å². The maximum absolute atomic E-state index is 13.4. The molecule has 0 radical (unpaired) electrons. The molecule has 0 aliphatic rings. The van der Waals surface area contributed by atoms with Gasteiger partial charge in [-0.15, -0.1) is 0 Å². The van der Waals surface area contributed by atoms with E-state index in [-0.39, 0.29) is 28.5 Å². The summed E-state index contributed by atoms with van der Waals surface area (Å²) in [6.45, 7) is 0. The lowest BCUT2D eigenvalue weighted by Gasteiger charge is -2.05. The molecule has 8 heteroatoms. The van der Waals surface area contributed by atoms with Gasteiger partial charge < -0.3 is 9.26 Å². The molecule has 0 N–H and O–H groups in total. The Balaban J connectivity index is 1.88. The number of methoxy groups -OCH3 is 1. The van der Waals surface area contributed by atoms with Crippen molar-refractivity contribution >= 4 is 17.4 Å². The molecule has 1 heterocycles. The van der Waals surface area contributed by atoms with Crippen LogP contribution in [0.15, 0.2) is 83.4 Å². The van der Waals surface area contributed by atoms with E-state index in [0.717, 1.165) is 0 Å². The van der Waals surface area contributed by atoms with Crippen molar-refractivity contribution in [1.82, 2.24) is 5.16 Å². The number of ketones is 1. The number of aromatic nitrogens is 1. The van der Waals surface area contributed by atoms with Gasteiger partial charge in [0.05, 0.1) is 23.2 Å². The Labute approximate surface area is 182 Å². The summed E-state index contributed by atoms with van der Waals surface area (Å²) in [5, 5.41) is 15.3. The van der Waals surface area contributed by atoms with Gasteiger partial charge in [-0.3, -0.25) is 14.9 Å². The second-order valence-corrected chi connectivity index (χ2v) is 6.81. The van der Waals surface area contributed by atoms with Crippen LogP contribution in [0.25, 0.3) is 22.6 Å². The summed E-state index contributed by atoms with van der Waals surface area (Å²) in [5.74, 6) is -0.718. The van der Waals surface area contributed by atoms with Crippen LogP contribution in [0.3, 0.4) is 0 Å². The van der Waals surface area contributed by atoms with Crippen LogP contribution in [0, 0.1) is 10.1 Å². The van der Waals surface area contributed by atoms with Crippen LogP contribution in [-0.4, -0.2) is 28.9 Å². The zero-order valence-electron chi connectivity index (χ0n) is 16.8. The van der Waals surface area contributed by atoms with E-state index in [9.17, 15) is 19.7 Å². The zero-order valence-corrected chi connectivity index (χ0v) is 16.8. The molecule has 3 aromatic carbocycles. The van der Waals surface area contributed by atoms with Crippen LogP contribution < -0.4 is 0 Å². The summed E-state index contributed by atoms with van der Waals surface area (Å²) >= 11 is 0. The maximum Gasteiger partial charge on any atom is 0.337 e. The van der Waals surface area contributed by atoms with E-state index in [1.807, 2.05) is 0 Å². The topological polar surface area (TPSA) is 113 Å². The molecule has 0 bridgehead atoms. The van der Waals surface area contributed by atoms with Gasteiger partial charge in [0.15, 0.2) is 11.5 Å². The molecule has 0 saturated carbocycles. The fourth-order valence-electron chi connectivity index (χ4n) is 3.27. The van der Waals surface area contributed by atoms with Crippen LogP contribution in [0.4, 0.5) is 5.69 Å². The fourth-order valence-corrected chi connectivity index (χ4v) is 3.27. The largest absolute Gasteiger partial charge is 0.465 e. The maximum atomic E-state index is 13.4. The van der Waals surface area contributed by atoms with Gasteiger partial charge in [0, 0.05) is 28.8 Å². The van der Waals surface area contributed by atoms with Crippen molar-refractivity contribution in [2.75, 3.05) is 7.11 Å². The van der Waals surface area contributed by atoms with Gasteiger partial charge in [0.25, 0.3) is 5.69 Å². The number of nitro benzene ring substituents is 1. The minimum absolute atomic E-state index is 0.120. The first kappa shape index (κ1) is 20.7. The lowest BCUT2D eigenvalue weighted by Crippen LogP contribution is -2.04. The van der Waals surface area contributed by atoms with E-state index in [0.29, 0.717) is 22.3 Å². The van der Waals surface area contributed by atoms with E-state index in [1.54, 1.807) is 60.7 Å². The summed E-state index contributed by atoms with van der Waals surface area (Å²) in [6.07, 6.45) is 0. The minimum Gasteiger partial charge on any atom is -0.465 e. The molecule has 0 saturated heterocycles. The average Bonchev–Trinajstić information content (AvgIpc) is 3.29. The molecular weight excluding hydrogens is 412 g/mol. The Morgan fingerprint density at radius 3 is 2.28 bits per heavy atom. The summed E-state index contributed by atoms with van der Waals surface area (Å²) in [4.78, 5) is 35.9. The van der Waals surface area contributed by atoms with Gasteiger partial charge in [0.1, 0.15) is 5.69 Å².